The molecule has 7 heteroatoms. The summed E-state index contributed by atoms with van der Waals surface area (Å²) >= 11 is 0. The van der Waals surface area contributed by atoms with Gasteiger partial charge in [0.1, 0.15) is 17.3 Å². The second kappa shape index (κ2) is 10.5. The fraction of sp³-hybridized carbons (Fsp3) is 0.385. The summed E-state index contributed by atoms with van der Waals surface area (Å²) in [5.41, 5.74) is 0.955. The Morgan fingerprint density at radius 3 is 2.42 bits per heavy atom. The zero-order valence-corrected chi connectivity index (χ0v) is 19.6. The maximum atomic E-state index is 13.1. The molecule has 1 unspecified atom stereocenters. The van der Waals surface area contributed by atoms with Crippen LogP contribution in [0, 0.1) is 0 Å². The number of aliphatic hydroxyl groups is 1. The first-order valence-electron chi connectivity index (χ1n) is 11.3. The van der Waals surface area contributed by atoms with Crippen molar-refractivity contribution < 1.29 is 24.5 Å². The Labute approximate surface area is 194 Å². The second-order valence-corrected chi connectivity index (χ2v) is 8.31. The van der Waals surface area contributed by atoms with E-state index in [1.165, 1.54) is 17.0 Å². The Balaban J connectivity index is 2.09. The summed E-state index contributed by atoms with van der Waals surface area (Å²) in [4.78, 5) is 29.8. The zero-order valence-electron chi connectivity index (χ0n) is 19.6. The lowest BCUT2D eigenvalue weighted by Gasteiger charge is -2.28. The van der Waals surface area contributed by atoms with Crippen LogP contribution in [-0.2, 0) is 9.59 Å². The Bertz CT molecular complexity index is 1040. The molecular formula is C26H32N2O5. The molecule has 176 valence electrons. The van der Waals surface area contributed by atoms with Crippen LogP contribution < -0.4 is 4.74 Å². The monoisotopic (exact) mass is 452 g/mol. The van der Waals surface area contributed by atoms with Crippen LogP contribution in [0.3, 0.4) is 0 Å². The summed E-state index contributed by atoms with van der Waals surface area (Å²) in [5, 5.41) is 21.3. The molecule has 1 heterocycles. The van der Waals surface area contributed by atoms with Gasteiger partial charge in [-0.05, 0) is 56.8 Å². The normalized spacial score (nSPS) is 17.9. The molecule has 0 saturated carbocycles. The number of likely N-dealkylation sites (N-methyl/N-ethyl adjacent to an activating group) is 1. The van der Waals surface area contributed by atoms with E-state index in [4.69, 9.17) is 4.74 Å². The van der Waals surface area contributed by atoms with Gasteiger partial charge >= 0.3 is 0 Å². The summed E-state index contributed by atoms with van der Waals surface area (Å²) in [5.74, 6) is -1.09. The maximum Gasteiger partial charge on any atom is 0.295 e. The number of nitrogens with zero attached hydrogens (tertiary/aromatic N) is 2. The molecule has 1 fully saturated rings. The molecule has 7 nitrogen and oxygen atoms in total. The lowest BCUT2D eigenvalue weighted by atomic mass is 9.95. The predicted octanol–water partition coefficient (Wildman–Crippen LogP) is 3.94. The summed E-state index contributed by atoms with van der Waals surface area (Å²) in [7, 11) is 0. The lowest BCUT2D eigenvalue weighted by molar-refractivity contribution is -0.140. The molecule has 0 aromatic heterocycles. The molecule has 1 aliphatic heterocycles. The van der Waals surface area contributed by atoms with Gasteiger partial charge < -0.3 is 24.7 Å². The highest BCUT2D eigenvalue weighted by molar-refractivity contribution is 6.46. The molecule has 2 aromatic carbocycles. The number of aliphatic hydroxyl groups excluding tert-OH is 1. The van der Waals surface area contributed by atoms with E-state index in [9.17, 15) is 19.8 Å². The Morgan fingerprint density at radius 1 is 1.09 bits per heavy atom. The quantitative estimate of drug-likeness (QED) is 0.340. The first-order valence-corrected chi connectivity index (χ1v) is 11.3. The van der Waals surface area contributed by atoms with Gasteiger partial charge in [0.15, 0.2) is 0 Å². The van der Waals surface area contributed by atoms with E-state index < -0.39 is 17.7 Å². The van der Waals surface area contributed by atoms with Gasteiger partial charge in [-0.15, -0.1) is 0 Å². The minimum absolute atomic E-state index is 0.00634. The number of benzene rings is 2. The van der Waals surface area contributed by atoms with Crippen LogP contribution in [0.1, 0.15) is 44.9 Å². The van der Waals surface area contributed by atoms with E-state index in [2.05, 4.69) is 4.90 Å². The number of carbonyl (C=O) groups excluding carboxylic acids is 2. The molecule has 1 amide bonds. The zero-order chi connectivity index (χ0) is 24.1. The highest BCUT2D eigenvalue weighted by Gasteiger charge is 2.46. The number of ether oxygens (including phenoxy) is 1. The van der Waals surface area contributed by atoms with Crippen LogP contribution in [0.25, 0.3) is 5.76 Å². The molecular weight excluding hydrogens is 420 g/mol. The predicted molar refractivity (Wildman–Crippen MR) is 127 cm³/mol. The standard InChI is InChI=1S/C26H32N2O5/c1-5-27(6-2)13-14-28-23(18-9-7-11-20(29)15-18)22(25(31)26(28)32)24(30)19-10-8-12-21(16-19)33-17(3)4/h7-12,15-17,23,29-30H,5-6,13-14H2,1-4H3/b24-22-. The minimum Gasteiger partial charge on any atom is -0.508 e. The van der Waals surface area contributed by atoms with Crippen LogP contribution in [0.15, 0.2) is 54.1 Å². The van der Waals surface area contributed by atoms with Crippen molar-refractivity contribution in [2.45, 2.75) is 39.8 Å². The molecule has 1 aliphatic rings. The van der Waals surface area contributed by atoms with E-state index in [-0.39, 0.29) is 23.2 Å². The van der Waals surface area contributed by atoms with Crippen molar-refractivity contribution >= 4 is 17.4 Å². The van der Waals surface area contributed by atoms with Crippen molar-refractivity contribution in [2.24, 2.45) is 0 Å². The Morgan fingerprint density at radius 2 is 1.79 bits per heavy atom. The smallest absolute Gasteiger partial charge is 0.295 e. The van der Waals surface area contributed by atoms with E-state index in [1.807, 2.05) is 27.7 Å². The van der Waals surface area contributed by atoms with Gasteiger partial charge in [0.2, 0.25) is 0 Å². The SMILES string of the molecule is CCN(CC)CCN1C(=O)C(=O)/C(=C(\O)c2cccc(OC(C)C)c2)C1c1cccc(O)c1. The highest BCUT2D eigenvalue weighted by atomic mass is 16.5. The third kappa shape index (κ3) is 5.37. The van der Waals surface area contributed by atoms with Crippen molar-refractivity contribution in [2.75, 3.05) is 26.2 Å². The molecule has 3 rings (SSSR count). The van der Waals surface area contributed by atoms with Crippen molar-refractivity contribution in [1.82, 2.24) is 9.80 Å². The number of phenols is 1. The topological polar surface area (TPSA) is 90.3 Å². The van der Waals surface area contributed by atoms with Gasteiger partial charge in [-0.25, -0.2) is 0 Å². The molecule has 1 saturated heterocycles. The summed E-state index contributed by atoms with van der Waals surface area (Å²) in [6.45, 7) is 10.4. The number of amides is 1. The van der Waals surface area contributed by atoms with Crippen LogP contribution in [0.5, 0.6) is 11.5 Å². The minimum atomic E-state index is -0.803. The van der Waals surface area contributed by atoms with Crippen LogP contribution in [0.4, 0.5) is 0 Å². The molecule has 1 atom stereocenters. The third-order valence-corrected chi connectivity index (χ3v) is 5.76. The van der Waals surface area contributed by atoms with E-state index in [1.54, 1.807) is 36.4 Å². The van der Waals surface area contributed by atoms with E-state index in [0.717, 1.165) is 13.1 Å². The molecule has 2 aromatic rings. The number of Topliss-reactive ketones (excluding diaryl/α,β-unsaturated/α-hetero) is 1. The summed E-state index contributed by atoms with van der Waals surface area (Å²) < 4.78 is 5.72. The fourth-order valence-corrected chi connectivity index (χ4v) is 4.09. The van der Waals surface area contributed by atoms with E-state index >= 15 is 0 Å². The highest BCUT2D eigenvalue weighted by Crippen LogP contribution is 2.40. The molecule has 0 bridgehead atoms. The Hall–Kier alpha value is -3.32. The third-order valence-electron chi connectivity index (χ3n) is 5.76. The van der Waals surface area contributed by atoms with Crippen molar-refractivity contribution in [3.63, 3.8) is 0 Å². The van der Waals surface area contributed by atoms with Gasteiger partial charge in [-0.3, -0.25) is 9.59 Å². The molecule has 0 radical (unpaired) electrons. The molecule has 0 aliphatic carbocycles. The van der Waals surface area contributed by atoms with Gasteiger partial charge in [-0.1, -0.05) is 38.1 Å². The van der Waals surface area contributed by atoms with Crippen molar-refractivity contribution in [1.29, 1.82) is 0 Å². The molecule has 0 spiro atoms. The number of rotatable bonds is 9. The number of aromatic hydroxyl groups is 1. The van der Waals surface area contributed by atoms with Crippen LogP contribution in [0.2, 0.25) is 0 Å². The van der Waals surface area contributed by atoms with Gasteiger partial charge in [0.05, 0.1) is 17.7 Å². The number of phenolic OH excluding ortho intramolecular Hbond substituents is 1. The summed E-state index contributed by atoms with van der Waals surface area (Å²) in [6, 6.07) is 12.5. The fourth-order valence-electron chi connectivity index (χ4n) is 4.09. The number of carbonyl (C=O) groups is 2. The lowest BCUT2D eigenvalue weighted by Crippen LogP contribution is -2.38. The Kier molecular flexibility index (Phi) is 7.76. The van der Waals surface area contributed by atoms with Crippen molar-refractivity contribution in [3.8, 4) is 11.5 Å². The van der Waals surface area contributed by atoms with Gasteiger partial charge in [-0.2, -0.15) is 0 Å². The van der Waals surface area contributed by atoms with E-state index in [0.29, 0.717) is 30.0 Å². The number of hydrogen-bond acceptors (Lipinski definition) is 6. The van der Waals surface area contributed by atoms with Crippen molar-refractivity contribution in [3.05, 3.63) is 65.2 Å². The average molecular weight is 453 g/mol. The first kappa shape index (κ1) is 24.3. The summed E-state index contributed by atoms with van der Waals surface area (Å²) in [6.07, 6.45) is -0.0552. The van der Waals surface area contributed by atoms with Crippen LogP contribution >= 0.6 is 0 Å². The number of likely N-dealkylation sites (tertiary alicyclic amines) is 1. The van der Waals surface area contributed by atoms with Gasteiger partial charge in [0, 0.05) is 18.7 Å². The van der Waals surface area contributed by atoms with Crippen LogP contribution in [-0.4, -0.2) is 64.0 Å². The maximum absolute atomic E-state index is 13.1. The molecule has 2 N–H and O–H groups in total. The number of ketones is 1. The number of hydrogen-bond donors (Lipinski definition) is 2. The van der Waals surface area contributed by atoms with Gasteiger partial charge in [0.25, 0.3) is 11.7 Å². The average Bonchev–Trinajstić information content (AvgIpc) is 3.04. The second-order valence-electron chi connectivity index (χ2n) is 8.31. The molecule has 33 heavy (non-hydrogen) atoms. The largest absolute Gasteiger partial charge is 0.508 e. The first-order chi connectivity index (χ1) is 15.8.